The van der Waals surface area contributed by atoms with Crippen LogP contribution in [0.2, 0.25) is 0 Å². The Bertz CT molecular complexity index is 214. The van der Waals surface area contributed by atoms with Crippen LogP contribution in [0, 0.1) is 22.7 Å². The Labute approximate surface area is 86.1 Å². The SMILES string of the molecule is CC(C)(C#N)CCNCC1CC(O)C1. The van der Waals surface area contributed by atoms with Crippen LogP contribution >= 0.6 is 0 Å². The molecule has 0 aromatic rings. The summed E-state index contributed by atoms with van der Waals surface area (Å²) in [5.41, 5.74) is -0.216. The first-order valence-electron chi connectivity index (χ1n) is 5.33. The average molecular weight is 196 g/mol. The zero-order valence-electron chi connectivity index (χ0n) is 9.08. The Morgan fingerprint density at radius 1 is 1.50 bits per heavy atom. The smallest absolute Gasteiger partial charge is 0.0684 e. The van der Waals surface area contributed by atoms with E-state index >= 15 is 0 Å². The highest BCUT2D eigenvalue weighted by atomic mass is 16.3. The van der Waals surface area contributed by atoms with Crippen LogP contribution in [-0.4, -0.2) is 24.3 Å². The van der Waals surface area contributed by atoms with Gasteiger partial charge in [-0.3, -0.25) is 0 Å². The molecule has 3 nitrogen and oxygen atoms in total. The predicted octanol–water partition coefficient (Wildman–Crippen LogP) is 1.29. The van der Waals surface area contributed by atoms with Gasteiger partial charge in [0.2, 0.25) is 0 Å². The van der Waals surface area contributed by atoms with Gasteiger partial charge in [0.25, 0.3) is 0 Å². The van der Waals surface area contributed by atoms with Gasteiger partial charge >= 0.3 is 0 Å². The first kappa shape index (κ1) is 11.5. The molecule has 0 amide bonds. The molecule has 1 aliphatic carbocycles. The van der Waals surface area contributed by atoms with Gasteiger partial charge in [0.15, 0.2) is 0 Å². The lowest BCUT2D eigenvalue weighted by atomic mass is 9.82. The van der Waals surface area contributed by atoms with Gasteiger partial charge in [0.1, 0.15) is 0 Å². The highest BCUT2D eigenvalue weighted by Gasteiger charge is 2.26. The zero-order valence-corrected chi connectivity index (χ0v) is 9.08. The van der Waals surface area contributed by atoms with Gasteiger partial charge in [-0.05, 0) is 52.1 Å². The molecule has 0 aromatic carbocycles. The van der Waals surface area contributed by atoms with Crippen LogP contribution in [-0.2, 0) is 0 Å². The van der Waals surface area contributed by atoms with Gasteiger partial charge in [0.05, 0.1) is 17.6 Å². The van der Waals surface area contributed by atoms with E-state index in [0.29, 0.717) is 5.92 Å². The van der Waals surface area contributed by atoms with Crippen LogP contribution < -0.4 is 5.32 Å². The van der Waals surface area contributed by atoms with Crippen LogP contribution in [0.5, 0.6) is 0 Å². The minimum absolute atomic E-state index is 0.0580. The molecule has 0 unspecified atom stereocenters. The standard InChI is InChI=1S/C11H20N2O/c1-11(2,8-12)3-4-13-7-9-5-10(14)6-9/h9-10,13-14H,3-7H2,1-2H3. The summed E-state index contributed by atoms with van der Waals surface area (Å²) in [7, 11) is 0. The fraction of sp³-hybridized carbons (Fsp3) is 0.909. The van der Waals surface area contributed by atoms with E-state index in [1.165, 1.54) is 0 Å². The lowest BCUT2D eigenvalue weighted by Crippen LogP contribution is -2.37. The first-order chi connectivity index (χ1) is 6.53. The summed E-state index contributed by atoms with van der Waals surface area (Å²) in [4.78, 5) is 0. The van der Waals surface area contributed by atoms with Crippen molar-refractivity contribution in [1.82, 2.24) is 5.32 Å². The third-order valence-electron chi connectivity index (χ3n) is 2.87. The van der Waals surface area contributed by atoms with Crippen molar-refractivity contribution < 1.29 is 5.11 Å². The second kappa shape index (κ2) is 4.77. The van der Waals surface area contributed by atoms with Crippen molar-refractivity contribution in [3.63, 3.8) is 0 Å². The van der Waals surface area contributed by atoms with Gasteiger partial charge < -0.3 is 10.4 Å². The molecule has 0 aliphatic heterocycles. The number of nitriles is 1. The molecule has 1 aliphatic rings. The largest absolute Gasteiger partial charge is 0.393 e. The maximum Gasteiger partial charge on any atom is 0.0684 e. The quantitative estimate of drug-likeness (QED) is 0.651. The summed E-state index contributed by atoms with van der Waals surface area (Å²) >= 11 is 0. The van der Waals surface area contributed by atoms with Gasteiger partial charge in [-0.25, -0.2) is 0 Å². The second-order valence-electron chi connectivity index (χ2n) is 4.94. The van der Waals surface area contributed by atoms with E-state index in [9.17, 15) is 0 Å². The molecule has 14 heavy (non-hydrogen) atoms. The molecule has 0 aromatic heterocycles. The number of rotatable bonds is 5. The monoisotopic (exact) mass is 196 g/mol. The Hall–Kier alpha value is -0.590. The normalized spacial score (nSPS) is 26.7. The number of hydrogen-bond acceptors (Lipinski definition) is 3. The van der Waals surface area contributed by atoms with Gasteiger partial charge in [0, 0.05) is 0 Å². The van der Waals surface area contributed by atoms with Crippen molar-refractivity contribution in [3.8, 4) is 6.07 Å². The molecule has 2 N–H and O–H groups in total. The van der Waals surface area contributed by atoms with Crippen molar-refractivity contribution in [2.75, 3.05) is 13.1 Å². The fourth-order valence-electron chi connectivity index (χ4n) is 1.63. The van der Waals surface area contributed by atoms with E-state index < -0.39 is 0 Å². The maximum atomic E-state index is 9.07. The lowest BCUT2D eigenvalue weighted by Gasteiger charge is -2.31. The Morgan fingerprint density at radius 3 is 2.64 bits per heavy atom. The minimum Gasteiger partial charge on any atom is -0.393 e. The summed E-state index contributed by atoms with van der Waals surface area (Å²) in [6.45, 7) is 5.80. The van der Waals surface area contributed by atoms with E-state index in [0.717, 1.165) is 32.4 Å². The summed E-state index contributed by atoms with van der Waals surface area (Å²) in [5, 5.41) is 21.2. The highest BCUT2D eigenvalue weighted by Crippen LogP contribution is 2.26. The number of hydrogen-bond donors (Lipinski definition) is 2. The Balaban J connectivity index is 1.98. The second-order valence-corrected chi connectivity index (χ2v) is 4.94. The van der Waals surface area contributed by atoms with Crippen LogP contribution in [0.3, 0.4) is 0 Å². The number of nitrogens with one attached hydrogen (secondary N) is 1. The summed E-state index contributed by atoms with van der Waals surface area (Å²) in [6, 6.07) is 2.28. The first-order valence-corrected chi connectivity index (χ1v) is 5.33. The van der Waals surface area contributed by atoms with Crippen LogP contribution in [0.1, 0.15) is 33.1 Å². The molecule has 0 heterocycles. The third kappa shape index (κ3) is 3.65. The molecular weight excluding hydrogens is 176 g/mol. The summed E-state index contributed by atoms with van der Waals surface area (Å²) in [5.74, 6) is 0.648. The van der Waals surface area contributed by atoms with Crippen molar-refractivity contribution in [2.24, 2.45) is 11.3 Å². The lowest BCUT2D eigenvalue weighted by molar-refractivity contribution is 0.0429. The topological polar surface area (TPSA) is 56.0 Å². The van der Waals surface area contributed by atoms with Crippen LogP contribution in [0.15, 0.2) is 0 Å². The molecule has 1 rings (SSSR count). The number of aliphatic hydroxyl groups is 1. The maximum absolute atomic E-state index is 9.07. The minimum atomic E-state index is -0.216. The van der Waals surface area contributed by atoms with Gasteiger partial charge in [-0.15, -0.1) is 0 Å². The van der Waals surface area contributed by atoms with Crippen molar-refractivity contribution >= 4 is 0 Å². The molecular formula is C11H20N2O. The van der Waals surface area contributed by atoms with Crippen LogP contribution in [0.4, 0.5) is 0 Å². The van der Waals surface area contributed by atoms with Crippen molar-refractivity contribution in [1.29, 1.82) is 5.26 Å². The summed E-state index contributed by atoms with van der Waals surface area (Å²) < 4.78 is 0. The molecule has 3 heteroatoms. The average Bonchev–Trinajstić information content (AvgIpc) is 2.09. The molecule has 80 valence electrons. The number of aliphatic hydroxyl groups excluding tert-OH is 1. The van der Waals surface area contributed by atoms with Gasteiger partial charge in [-0.1, -0.05) is 0 Å². The third-order valence-corrected chi connectivity index (χ3v) is 2.87. The molecule has 0 spiro atoms. The Morgan fingerprint density at radius 2 is 2.14 bits per heavy atom. The van der Waals surface area contributed by atoms with Crippen LogP contribution in [0.25, 0.3) is 0 Å². The van der Waals surface area contributed by atoms with E-state index in [-0.39, 0.29) is 11.5 Å². The molecule has 0 radical (unpaired) electrons. The van der Waals surface area contributed by atoms with E-state index in [2.05, 4.69) is 11.4 Å². The number of nitrogens with zero attached hydrogens (tertiary/aromatic N) is 1. The van der Waals surface area contributed by atoms with E-state index in [1.807, 2.05) is 13.8 Å². The Kier molecular flexibility index (Phi) is 3.91. The molecule has 1 fully saturated rings. The zero-order chi connectivity index (χ0) is 10.6. The predicted molar refractivity (Wildman–Crippen MR) is 55.6 cm³/mol. The van der Waals surface area contributed by atoms with Gasteiger partial charge in [-0.2, -0.15) is 5.26 Å². The molecule has 0 atom stereocenters. The van der Waals surface area contributed by atoms with E-state index in [4.69, 9.17) is 10.4 Å². The van der Waals surface area contributed by atoms with Crippen molar-refractivity contribution in [2.45, 2.75) is 39.2 Å². The van der Waals surface area contributed by atoms with Crippen molar-refractivity contribution in [3.05, 3.63) is 0 Å². The fourth-order valence-corrected chi connectivity index (χ4v) is 1.63. The molecule has 0 saturated heterocycles. The summed E-state index contributed by atoms with van der Waals surface area (Å²) in [6.07, 6.45) is 2.71. The molecule has 0 bridgehead atoms. The van der Waals surface area contributed by atoms with E-state index in [1.54, 1.807) is 0 Å². The highest BCUT2D eigenvalue weighted by molar-refractivity contribution is 4.92. The molecule has 1 saturated carbocycles.